The second-order valence-corrected chi connectivity index (χ2v) is 13.2. The molecule has 190 valence electrons. The molecule has 1 unspecified atom stereocenters. The molecule has 0 N–H and O–H groups in total. The lowest BCUT2D eigenvalue weighted by Crippen LogP contribution is -2.51. The molecule has 3 heterocycles. The normalized spacial score (nSPS) is 21.3. The molecule has 3 aliphatic rings. The van der Waals surface area contributed by atoms with Crippen LogP contribution >= 0.6 is 11.3 Å². The van der Waals surface area contributed by atoms with Gasteiger partial charge in [-0.05, 0) is 51.8 Å². The maximum atomic E-state index is 13.6. The van der Waals surface area contributed by atoms with E-state index in [0.717, 1.165) is 34.1 Å². The third-order valence-corrected chi connectivity index (χ3v) is 10.2. The van der Waals surface area contributed by atoms with E-state index in [1.807, 2.05) is 26.8 Å². The van der Waals surface area contributed by atoms with Crippen LogP contribution in [-0.4, -0.2) is 72.4 Å². The van der Waals surface area contributed by atoms with Crippen molar-refractivity contribution < 1.29 is 22.6 Å². The standard InChI is InChI=1S/C24H29N6O4S2/c1-15-10-17(27(4)26-15)13-29-21-7-6-19(36(33,34)28(5)24(3)8-9-24)11-20(21)22(31)30(23(29)32)14-18-12-25-16(2)35-18/h6-7,10-12,19H,8-9,13-14H2,1-5H3/q+1. The quantitative estimate of drug-likeness (QED) is 0.509. The van der Waals surface area contributed by atoms with Crippen molar-refractivity contribution in [3.63, 3.8) is 0 Å². The number of aryl methyl sites for hydroxylation is 3. The zero-order valence-electron chi connectivity index (χ0n) is 20.9. The van der Waals surface area contributed by atoms with Gasteiger partial charge in [-0.1, -0.05) is 6.08 Å². The summed E-state index contributed by atoms with van der Waals surface area (Å²) in [6, 6.07) is 1.42. The second kappa shape index (κ2) is 8.56. The summed E-state index contributed by atoms with van der Waals surface area (Å²) in [6.45, 7) is 5.90. The number of thiazole rings is 1. The molecule has 5 rings (SSSR count). The Bertz CT molecular complexity index is 1480. The molecule has 1 saturated carbocycles. The van der Waals surface area contributed by atoms with E-state index in [9.17, 15) is 18.0 Å². The molecule has 12 heteroatoms. The van der Waals surface area contributed by atoms with Gasteiger partial charge in [0, 0.05) is 25.8 Å². The van der Waals surface area contributed by atoms with Crippen LogP contribution in [0.5, 0.6) is 0 Å². The summed E-state index contributed by atoms with van der Waals surface area (Å²) in [5.41, 5.74) is 1.82. The lowest BCUT2D eigenvalue weighted by Gasteiger charge is -2.29. The average Bonchev–Trinajstić information content (AvgIpc) is 3.31. The molecule has 0 aromatic carbocycles. The molecule has 2 aromatic rings. The highest BCUT2D eigenvalue weighted by atomic mass is 32.2. The van der Waals surface area contributed by atoms with Crippen LogP contribution in [0.4, 0.5) is 4.79 Å². The predicted octanol–water partition coefficient (Wildman–Crippen LogP) is 2.29. The molecule has 0 saturated heterocycles. The van der Waals surface area contributed by atoms with Crippen LogP contribution in [0.25, 0.3) is 0 Å². The summed E-state index contributed by atoms with van der Waals surface area (Å²) in [5, 5.41) is 4.20. The Labute approximate surface area is 214 Å². The monoisotopic (exact) mass is 529 g/mol. The number of hydrogen-bond donors (Lipinski definition) is 0. The Hall–Kier alpha value is -2.96. The average molecular weight is 530 g/mol. The highest BCUT2D eigenvalue weighted by Gasteiger charge is 2.50. The fraction of sp³-hybridized carbons (Fsp3) is 0.458. The van der Waals surface area contributed by atoms with E-state index in [1.165, 1.54) is 31.2 Å². The van der Waals surface area contributed by atoms with E-state index >= 15 is 0 Å². The van der Waals surface area contributed by atoms with E-state index < -0.39 is 27.2 Å². The Morgan fingerprint density at radius 1 is 1.28 bits per heavy atom. The fourth-order valence-electron chi connectivity index (χ4n) is 4.55. The number of amides is 3. The van der Waals surface area contributed by atoms with Gasteiger partial charge in [0.1, 0.15) is 29.6 Å². The topological polar surface area (TPSA) is 108 Å². The Kier molecular flexibility index (Phi) is 5.88. The van der Waals surface area contributed by atoms with Crippen LogP contribution in [0.15, 0.2) is 36.1 Å². The van der Waals surface area contributed by atoms with Crippen LogP contribution in [0.2, 0.25) is 0 Å². The van der Waals surface area contributed by atoms with Gasteiger partial charge in [0.05, 0.1) is 21.3 Å². The van der Waals surface area contributed by atoms with Crippen molar-refractivity contribution in [3.05, 3.63) is 57.3 Å². The highest BCUT2D eigenvalue weighted by Crippen LogP contribution is 2.43. The van der Waals surface area contributed by atoms with Crippen molar-refractivity contribution in [2.45, 2.75) is 57.5 Å². The lowest BCUT2D eigenvalue weighted by atomic mass is 9.99. The van der Waals surface area contributed by atoms with Crippen LogP contribution in [0.1, 0.15) is 41.0 Å². The number of aromatic nitrogens is 3. The predicted molar refractivity (Wildman–Crippen MR) is 135 cm³/mol. The Morgan fingerprint density at radius 2 is 2.00 bits per heavy atom. The SMILES string of the molecule is Cc1cc(C[N+]2=C3C=CC(S(=O)(=O)N(C)C4(C)CC4)C=C3C(=O)N(Cc3cnc(C)s3)C2=O)n(C)n1. The van der Waals surface area contributed by atoms with Gasteiger partial charge >= 0.3 is 11.9 Å². The molecule has 1 atom stereocenters. The number of fused-ring (bicyclic) bond motifs is 1. The van der Waals surface area contributed by atoms with Crippen molar-refractivity contribution in [3.8, 4) is 0 Å². The summed E-state index contributed by atoms with van der Waals surface area (Å²) >= 11 is 1.41. The third-order valence-electron chi connectivity index (χ3n) is 7.14. The number of sulfonamides is 1. The zero-order valence-corrected chi connectivity index (χ0v) is 22.6. The molecule has 1 aliphatic heterocycles. The molecule has 0 spiro atoms. The van der Waals surface area contributed by atoms with Gasteiger partial charge in [-0.15, -0.1) is 11.3 Å². The molecule has 10 nitrogen and oxygen atoms in total. The van der Waals surface area contributed by atoms with Crippen molar-refractivity contribution in [1.82, 2.24) is 24.0 Å². The minimum atomic E-state index is -3.74. The molecule has 0 bridgehead atoms. The van der Waals surface area contributed by atoms with Crippen molar-refractivity contribution in [2.75, 3.05) is 7.05 Å². The molecule has 36 heavy (non-hydrogen) atoms. The van der Waals surface area contributed by atoms with Crippen LogP contribution in [-0.2, 0) is 35.0 Å². The van der Waals surface area contributed by atoms with Gasteiger partial charge in [0.2, 0.25) is 10.0 Å². The van der Waals surface area contributed by atoms with Gasteiger partial charge in [0.15, 0.2) is 0 Å². The van der Waals surface area contributed by atoms with Crippen molar-refractivity contribution in [1.29, 1.82) is 0 Å². The number of rotatable bonds is 7. The first-order valence-corrected chi connectivity index (χ1v) is 14.0. The van der Waals surface area contributed by atoms with E-state index in [2.05, 4.69) is 10.1 Å². The first-order valence-electron chi connectivity index (χ1n) is 11.7. The number of nitrogens with zero attached hydrogens (tertiary/aromatic N) is 6. The number of allylic oxidation sites excluding steroid dienone is 1. The fourth-order valence-corrected chi connectivity index (χ4v) is 7.08. The number of hydrogen-bond acceptors (Lipinski definition) is 7. The summed E-state index contributed by atoms with van der Waals surface area (Å²) in [4.78, 5) is 33.4. The van der Waals surface area contributed by atoms with Crippen LogP contribution < -0.4 is 0 Å². The van der Waals surface area contributed by atoms with E-state index in [0.29, 0.717) is 5.71 Å². The van der Waals surface area contributed by atoms with Gasteiger partial charge in [-0.2, -0.15) is 23.7 Å². The largest absolute Gasteiger partial charge is 0.502 e. The third kappa shape index (κ3) is 4.16. The number of imide groups is 1. The van der Waals surface area contributed by atoms with E-state index in [1.54, 1.807) is 37.1 Å². The molecule has 3 amide bonds. The molecular formula is C24H29N6O4S2+. The van der Waals surface area contributed by atoms with Gasteiger partial charge in [-0.25, -0.2) is 18.2 Å². The molecule has 2 aromatic heterocycles. The zero-order chi connectivity index (χ0) is 26.0. The highest BCUT2D eigenvalue weighted by molar-refractivity contribution is 7.90. The lowest BCUT2D eigenvalue weighted by molar-refractivity contribution is -0.454. The maximum absolute atomic E-state index is 13.6. The maximum Gasteiger partial charge on any atom is 0.502 e. The summed E-state index contributed by atoms with van der Waals surface area (Å²) < 4.78 is 31.5. The number of carbonyl (C=O) groups excluding carboxylic acids is 2. The van der Waals surface area contributed by atoms with E-state index in [4.69, 9.17) is 0 Å². The summed E-state index contributed by atoms with van der Waals surface area (Å²) in [6.07, 6.45) is 7.89. The first kappa shape index (κ1) is 24.7. The van der Waals surface area contributed by atoms with E-state index in [-0.39, 0.29) is 24.2 Å². The Balaban J connectivity index is 1.58. The number of carbonyl (C=O) groups is 2. The van der Waals surface area contributed by atoms with Gasteiger partial charge < -0.3 is 0 Å². The molecule has 2 aliphatic carbocycles. The first-order chi connectivity index (χ1) is 16.9. The van der Waals surface area contributed by atoms with Crippen molar-refractivity contribution in [2.24, 2.45) is 7.05 Å². The minimum absolute atomic E-state index is 0.0633. The number of urea groups is 1. The smallest absolute Gasteiger partial charge is 0.268 e. The van der Waals surface area contributed by atoms with Crippen molar-refractivity contribution >= 4 is 39.0 Å². The van der Waals surface area contributed by atoms with Crippen LogP contribution in [0.3, 0.4) is 0 Å². The minimum Gasteiger partial charge on any atom is -0.268 e. The summed E-state index contributed by atoms with van der Waals surface area (Å²) in [5.74, 6) is -0.511. The Morgan fingerprint density at radius 3 is 2.58 bits per heavy atom. The summed E-state index contributed by atoms with van der Waals surface area (Å²) in [7, 11) is -0.344. The molecule has 1 fully saturated rings. The molecular weight excluding hydrogens is 500 g/mol. The van der Waals surface area contributed by atoms with Crippen LogP contribution in [0, 0.1) is 13.8 Å². The van der Waals surface area contributed by atoms with Gasteiger partial charge in [0.25, 0.3) is 0 Å². The van der Waals surface area contributed by atoms with Gasteiger partial charge in [-0.3, -0.25) is 4.68 Å². The second-order valence-electron chi connectivity index (χ2n) is 9.80. The molecule has 0 radical (unpaired) electrons.